The van der Waals surface area contributed by atoms with Crippen LogP contribution in [0.15, 0.2) is 22.7 Å². The second-order valence-electron chi connectivity index (χ2n) is 3.87. The second-order valence-corrected chi connectivity index (χ2v) is 7.12. The standard InChI is InChI=1S/C11H15BrFNO2S/c1-3-17(15,16)7-8(2)14-11-6-9(13)4-5-10(11)12/h4-6,8,14H,3,7H2,1-2H3. The van der Waals surface area contributed by atoms with Gasteiger partial charge in [0.1, 0.15) is 5.82 Å². The van der Waals surface area contributed by atoms with Gasteiger partial charge in [-0.1, -0.05) is 6.92 Å². The highest BCUT2D eigenvalue weighted by Gasteiger charge is 2.14. The predicted octanol–water partition coefficient (Wildman–Crippen LogP) is 2.82. The third kappa shape index (κ3) is 4.63. The van der Waals surface area contributed by atoms with Crippen LogP contribution in [-0.2, 0) is 9.84 Å². The fourth-order valence-corrected chi connectivity index (χ4v) is 2.86. The Balaban J connectivity index is 2.74. The van der Waals surface area contributed by atoms with Crippen LogP contribution in [0, 0.1) is 5.82 Å². The van der Waals surface area contributed by atoms with E-state index in [0.29, 0.717) is 10.2 Å². The summed E-state index contributed by atoms with van der Waals surface area (Å²) in [6.45, 7) is 3.37. The van der Waals surface area contributed by atoms with Crippen molar-refractivity contribution in [2.75, 3.05) is 16.8 Å². The zero-order chi connectivity index (χ0) is 13.1. The van der Waals surface area contributed by atoms with E-state index < -0.39 is 9.84 Å². The van der Waals surface area contributed by atoms with Crippen LogP contribution in [0.4, 0.5) is 10.1 Å². The minimum atomic E-state index is -3.03. The Labute approximate surface area is 109 Å². The van der Waals surface area contributed by atoms with Crippen molar-refractivity contribution in [3.63, 3.8) is 0 Å². The van der Waals surface area contributed by atoms with Crippen molar-refractivity contribution in [3.05, 3.63) is 28.5 Å². The highest BCUT2D eigenvalue weighted by Crippen LogP contribution is 2.23. The summed E-state index contributed by atoms with van der Waals surface area (Å²) in [5.41, 5.74) is 0.559. The maximum atomic E-state index is 13.0. The molecule has 1 N–H and O–H groups in total. The van der Waals surface area contributed by atoms with Crippen LogP contribution < -0.4 is 5.32 Å². The summed E-state index contributed by atoms with van der Waals surface area (Å²) in [6.07, 6.45) is 0. The second kappa shape index (κ2) is 5.82. The molecule has 0 saturated carbocycles. The first-order valence-electron chi connectivity index (χ1n) is 5.26. The molecular weight excluding hydrogens is 309 g/mol. The van der Waals surface area contributed by atoms with Gasteiger partial charge in [-0.3, -0.25) is 0 Å². The predicted molar refractivity (Wildman–Crippen MR) is 71.5 cm³/mol. The van der Waals surface area contributed by atoms with E-state index in [1.165, 1.54) is 12.1 Å². The zero-order valence-electron chi connectivity index (χ0n) is 9.70. The molecule has 1 aromatic carbocycles. The van der Waals surface area contributed by atoms with Crippen LogP contribution in [0.5, 0.6) is 0 Å². The zero-order valence-corrected chi connectivity index (χ0v) is 12.1. The van der Waals surface area contributed by atoms with Crippen LogP contribution in [-0.4, -0.2) is 26.0 Å². The van der Waals surface area contributed by atoms with Crippen molar-refractivity contribution >= 4 is 31.5 Å². The number of nitrogens with one attached hydrogen (secondary N) is 1. The number of hydrogen-bond acceptors (Lipinski definition) is 3. The molecule has 0 saturated heterocycles. The molecule has 1 aromatic rings. The van der Waals surface area contributed by atoms with Crippen molar-refractivity contribution < 1.29 is 12.8 Å². The molecular formula is C11H15BrFNO2S. The van der Waals surface area contributed by atoms with Gasteiger partial charge in [-0.25, -0.2) is 12.8 Å². The molecule has 0 radical (unpaired) electrons. The van der Waals surface area contributed by atoms with E-state index in [9.17, 15) is 12.8 Å². The minimum Gasteiger partial charge on any atom is -0.381 e. The molecule has 0 aliphatic rings. The number of anilines is 1. The lowest BCUT2D eigenvalue weighted by molar-refractivity contribution is 0.593. The maximum absolute atomic E-state index is 13.0. The molecule has 17 heavy (non-hydrogen) atoms. The summed E-state index contributed by atoms with van der Waals surface area (Å²) in [4.78, 5) is 0. The van der Waals surface area contributed by atoms with Crippen LogP contribution in [0.1, 0.15) is 13.8 Å². The molecule has 0 bridgehead atoms. The summed E-state index contributed by atoms with van der Waals surface area (Å²) < 4.78 is 36.6. The Kier molecular flexibility index (Phi) is 4.94. The van der Waals surface area contributed by atoms with E-state index in [2.05, 4.69) is 21.2 Å². The van der Waals surface area contributed by atoms with Crippen molar-refractivity contribution in [1.82, 2.24) is 0 Å². The lowest BCUT2D eigenvalue weighted by atomic mass is 10.3. The normalized spacial score (nSPS) is 13.4. The summed E-state index contributed by atoms with van der Waals surface area (Å²) in [6, 6.07) is 3.98. The van der Waals surface area contributed by atoms with Gasteiger partial charge in [-0.05, 0) is 41.1 Å². The largest absolute Gasteiger partial charge is 0.381 e. The molecule has 96 valence electrons. The topological polar surface area (TPSA) is 46.2 Å². The van der Waals surface area contributed by atoms with Gasteiger partial charge in [0.2, 0.25) is 0 Å². The van der Waals surface area contributed by atoms with E-state index in [-0.39, 0.29) is 23.4 Å². The Hall–Kier alpha value is -0.620. The Bertz CT molecular complexity index is 490. The molecule has 0 spiro atoms. The van der Waals surface area contributed by atoms with Gasteiger partial charge in [-0.15, -0.1) is 0 Å². The number of hydrogen-bond donors (Lipinski definition) is 1. The van der Waals surface area contributed by atoms with E-state index in [0.717, 1.165) is 0 Å². The van der Waals surface area contributed by atoms with E-state index in [4.69, 9.17) is 0 Å². The fourth-order valence-electron chi connectivity index (χ4n) is 1.41. The van der Waals surface area contributed by atoms with Gasteiger partial charge in [0.25, 0.3) is 0 Å². The number of halogens is 2. The van der Waals surface area contributed by atoms with Crippen molar-refractivity contribution in [1.29, 1.82) is 0 Å². The highest BCUT2D eigenvalue weighted by atomic mass is 79.9. The summed E-state index contributed by atoms with van der Waals surface area (Å²) in [5.74, 6) is -0.211. The van der Waals surface area contributed by atoms with E-state index in [1.807, 2.05) is 0 Å². The quantitative estimate of drug-likeness (QED) is 0.906. The van der Waals surface area contributed by atoms with E-state index in [1.54, 1.807) is 19.9 Å². The third-order valence-corrected chi connectivity index (χ3v) is 4.85. The number of rotatable bonds is 5. The van der Waals surface area contributed by atoms with Gasteiger partial charge in [0.15, 0.2) is 9.84 Å². The first kappa shape index (κ1) is 14.4. The highest BCUT2D eigenvalue weighted by molar-refractivity contribution is 9.10. The lowest BCUT2D eigenvalue weighted by Crippen LogP contribution is -2.26. The molecule has 0 aromatic heterocycles. The molecule has 0 aliphatic carbocycles. The van der Waals surface area contributed by atoms with Crippen LogP contribution in [0.25, 0.3) is 0 Å². The molecule has 0 heterocycles. The smallest absolute Gasteiger partial charge is 0.152 e. The lowest BCUT2D eigenvalue weighted by Gasteiger charge is -2.16. The van der Waals surface area contributed by atoms with Crippen molar-refractivity contribution in [2.24, 2.45) is 0 Å². The average molecular weight is 324 g/mol. The fraction of sp³-hybridized carbons (Fsp3) is 0.455. The van der Waals surface area contributed by atoms with Crippen molar-refractivity contribution in [2.45, 2.75) is 19.9 Å². The van der Waals surface area contributed by atoms with Gasteiger partial charge >= 0.3 is 0 Å². The third-order valence-electron chi connectivity index (χ3n) is 2.27. The van der Waals surface area contributed by atoms with Gasteiger partial charge in [0.05, 0.1) is 11.4 Å². The monoisotopic (exact) mass is 323 g/mol. The molecule has 6 heteroatoms. The first-order chi connectivity index (χ1) is 7.84. The molecule has 1 atom stereocenters. The average Bonchev–Trinajstić information content (AvgIpc) is 2.23. The van der Waals surface area contributed by atoms with Gasteiger partial charge in [-0.2, -0.15) is 0 Å². The number of sulfone groups is 1. The Morgan fingerprint density at radius 3 is 2.71 bits per heavy atom. The van der Waals surface area contributed by atoms with Gasteiger partial charge in [0, 0.05) is 16.3 Å². The first-order valence-corrected chi connectivity index (χ1v) is 7.87. The Morgan fingerprint density at radius 2 is 2.12 bits per heavy atom. The van der Waals surface area contributed by atoms with Crippen LogP contribution >= 0.6 is 15.9 Å². The SMILES string of the molecule is CCS(=O)(=O)CC(C)Nc1cc(F)ccc1Br. The number of benzene rings is 1. The van der Waals surface area contributed by atoms with Crippen LogP contribution in [0.2, 0.25) is 0 Å². The summed E-state index contributed by atoms with van der Waals surface area (Å²) in [5, 5.41) is 2.98. The molecule has 0 aliphatic heterocycles. The van der Waals surface area contributed by atoms with Crippen LogP contribution in [0.3, 0.4) is 0 Å². The maximum Gasteiger partial charge on any atom is 0.152 e. The van der Waals surface area contributed by atoms with Crippen molar-refractivity contribution in [3.8, 4) is 0 Å². The molecule has 1 unspecified atom stereocenters. The molecule has 1 rings (SSSR count). The molecule has 0 amide bonds. The Morgan fingerprint density at radius 1 is 1.47 bits per heavy atom. The minimum absolute atomic E-state index is 0.0342. The molecule has 3 nitrogen and oxygen atoms in total. The van der Waals surface area contributed by atoms with E-state index >= 15 is 0 Å². The summed E-state index contributed by atoms with van der Waals surface area (Å²) in [7, 11) is -3.03. The molecule has 0 fully saturated rings. The van der Waals surface area contributed by atoms with Gasteiger partial charge < -0.3 is 5.32 Å². The summed E-state index contributed by atoms with van der Waals surface area (Å²) >= 11 is 3.28.